The van der Waals surface area contributed by atoms with Gasteiger partial charge in [-0.2, -0.15) is 4.98 Å². The first-order valence-electron chi connectivity index (χ1n) is 12.1. The normalized spacial score (nSPS) is 18.2. The molecule has 1 aromatic heterocycles. The van der Waals surface area contributed by atoms with Crippen molar-refractivity contribution in [2.75, 3.05) is 37.4 Å². The number of sulfonamides is 1. The number of fused-ring (bicyclic) bond motifs is 1. The summed E-state index contributed by atoms with van der Waals surface area (Å²) in [5.41, 5.74) is 1.13. The van der Waals surface area contributed by atoms with Crippen LogP contribution in [0.3, 0.4) is 0 Å². The van der Waals surface area contributed by atoms with E-state index in [0.717, 1.165) is 55.0 Å². The molecule has 0 amide bonds. The molecule has 4 rings (SSSR count). The fourth-order valence-corrected chi connectivity index (χ4v) is 5.75. The predicted molar refractivity (Wildman–Crippen MR) is 141 cm³/mol. The van der Waals surface area contributed by atoms with Crippen molar-refractivity contribution in [3.8, 4) is 0 Å². The number of anilines is 2. The minimum atomic E-state index is -3.81. The minimum Gasteiger partial charge on any atom is -0.362 e. The second-order valence-electron chi connectivity index (χ2n) is 9.61. The van der Waals surface area contributed by atoms with E-state index >= 15 is 0 Å². The molecule has 0 atom stereocenters. The van der Waals surface area contributed by atoms with Crippen molar-refractivity contribution >= 4 is 38.4 Å². The summed E-state index contributed by atoms with van der Waals surface area (Å²) in [7, 11) is 0.124. The van der Waals surface area contributed by atoms with E-state index in [1.165, 1.54) is 12.1 Å². The van der Waals surface area contributed by atoms with Crippen LogP contribution in [-0.4, -0.2) is 50.5 Å². The number of benzene rings is 2. The number of hydrogen-bond acceptors (Lipinski definition) is 8. The highest BCUT2D eigenvalue weighted by Gasteiger charge is 2.25. The zero-order valence-electron chi connectivity index (χ0n) is 20.8. The molecule has 192 valence electrons. The van der Waals surface area contributed by atoms with Crippen LogP contribution >= 0.6 is 0 Å². The van der Waals surface area contributed by atoms with E-state index in [1.54, 1.807) is 6.92 Å². The van der Waals surface area contributed by atoms with Gasteiger partial charge in [0.05, 0.1) is 15.3 Å². The predicted octanol–water partition coefficient (Wildman–Crippen LogP) is 4.11. The molecule has 10 nitrogen and oxygen atoms in total. The van der Waals surface area contributed by atoms with Gasteiger partial charge in [0.2, 0.25) is 16.0 Å². The molecule has 1 aliphatic rings. The lowest BCUT2D eigenvalue weighted by Gasteiger charge is -2.28. The average molecular weight is 513 g/mol. The number of aryl methyl sites for hydroxylation is 1. The molecule has 1 saturated carbocycles. The number of nitro groups is 1. The molecule has 1 fully saturated rings. The van der Waals surface area contributed by atoms with E-state index in [9.17, 15) is 18.5 Å². The summed E-state index contributed by atoms with van der Waals surface area (Å²) in [4.78, 5) is 21.9. The molecule has 0 radical (unpaired) electrons. The van der Waals surface area contributed by atoms with Crippen molar-refractivity contribution < 1.29 is 13.3 Å². The molecule has 0 bridgehead atoms. The smallest absolute Gasteiger partial charge is 0.273 e. The second-order valence-corrected chi connectivity index (χ2v) is 11.4. The molecule has 0 aliphatic heterocycles. The Morgan fingerprint density at radius 2 is 1.69 bits per heavy atom. The molecule has 1 heterocycles. The van der Waals surface area contributed by atoms with Crippen molar-refractivity contribution in [1.29, 1.82) is 0 Å². The quantitative estimate of drug-likeness (QED) is 0.324. The van der Waals surface area contributed by atoms with Crippen molar-refractivity contribution in [3.05, 3.63) is 58.1 Å². The molecule has 11 heteroatoms. The highest BCUT2D eigenvalue weighted by molar-refractivity contribution is 7.89. The molecule has 36 heavy (non-hydrogen) atoms. The number of nitrogens with one attached hydrogen (secondary N) is 2. The largest absolute Gasteiger partial charge is 0.362 e. The first-order valence-corrected chi connectivity index (χ1v) is 13.5. The fraction of sp³-hybridized carbons (Fsp3) is 0.440. The molecular formula is C25H32N6O4S. The maximum absolute atomic E-state index is 12.7. The Balaban J connectivity index is 1.30. The molecule has 0 spiro atoms. The third-order valence-corrected chi connectivity index (χ3v) is 8.19. The Morgan fingerprint density at radius 1 is 1.03 bits per heavy atom. The molecule has 0 unspecified atom stereocenters. The number of para-hydroxylation sites is 1. The van der Waals surface area contributed by atoms with Crippen LogP contribution in [0.4, 0.5) is 17.5 Å². The van der Waals surface area contributed by atoms with Gasteiger partial charge in [-0.15, -0.1) is 0 Å². The zero-order chi connectivity index (χ0) is 25.9. The number of hydrogen-bond donors (Lipinski definition) is 2. The monoisotopic (exact) mass is 512 g/mol. The van der Waals surface area contributed by atoms with E-state index < -0.39 is 14.9 Å². The Kier molecular flexibility index (Phi) is 7.70. The van der Waals surface area contributed by atoms with E-state index in [1.807, 2.05) is 43.3 Å². The standard InChI is InChI=1S/C25H32N6O4S/c1-17-8-13-20(14-23(17)31(32)33)36(34,35)27-16-19-11-9-18(10-12-19)15-26-25-28-22-7-5-4-6-21(22)24(29-25)30(2)3/h4-8,13-14,18-19,27H,9-12,15-16H2,1-3H3,(H,26,28,29)/t18-,19-. The minimum absolute atomic E-state index is 0.0786. The van der Waals surface area contributed by atoms with Gasteiger partial charge in [0.1, 0.15) is 5.82 Å². The van der Waals surface area contributed by atoms with Gasteiger partial charge < -0.3 is 10.2 Å². The molecule has 0 saturated heterocycles. The van der Waals surface area contributed by atoms with Crippen LogP contribution < -0.4 is 14.9 Å². The summed E-state index contributed by atoms with van der Waals surface area (Å²) in [6, 6.07) is 11.9. The topological polar surface area (TPSA) is 130 Å². The lowest BCUT2D eigenvalue weighted by Crippen LogP contribution is -2.32. The summed E-state index contributed by atoms with van der Waals surface area (Å²) in [6.45, 7) is 2.67. The van der Waals surface area contributed by atoms with Gasteiger partial charge in [0, 0.05) is 44.2 Å². The van der Waals surface area contributed by atoms with Crippen LogP contribution in [0.25, 0.3) is 10.9 Å². The van der Waals surface area contributed by atoms with Crippen LogP contribution in [0.2, 0.25) is 0 Å². The number of rotatable bonds is 9. The molecule has 2 N–H and O–H groups in total. The van der Waals surface area contributed by atoms with Crippen molar-refractivity contribution in [2.45, 2.75) is 37.5 Å². The lowest BCUT2D eigenvalue weighted by atomic mass is 9.82. The van der Waals surface area contributed by atoms with E-state index in [2.05, 4.69) is 15.0 Å². The van der Waals surface area contributed by atoms with Gasteiger partial charge in [0.15, 0.2) is 0 Å². The molecule has 2 aromatic carbocycles. The molecule has 3 aromatic rings. The summed E-state index contributed by atoms with van der Waals surface area (Å²) in [5, 5.41) is 15.6. The Hall–Kier alpha value is -3.31. The van der Waals surface area contributed by atoms with E-state index in [0.29, 0.717) is 24.0 Å². The van der Waals surface area contributed by atoms with Gasteiger partial charge in [-0.25, -0.2) is 18.1 Å². The lowest BCUT2D eigenvalue weighted by molar-refractivity contribution is -0.385. The summed E-state index contributed by atoms with van der Waals surface area (Å²) < 4.78 is 28.0. The third kappa shape index (κ3) is 5.90. The van der Waals surface area contributed by atoms with Crippen LogP contribution in [0.15, 0.2) is 47.4 Å². The van der Waals surface area contributed by atoms with Gasteiger partial charge >= 0.3 is 0 Å². The van der Waals surface area contributed by atoms with Crippen molar-refractivity contribution in [1.82, 2.24) is 14.7 Å². The van der Waals surface area contributed by atoms with Crippen LogP contribution in [-0.2, 0) is 10.0 Å². The zero-order valence-corrected chi connectivity index (χ0v) is 21.6. The fourth-order valence-electron chi connectivity index (χ4n) is 4.62. The van der Waals surface area contributed by atoms with Gasteiger partial charge in [0.25, 0.3) is 5.69 Å². The number of nitrogens with zero attached hydrogens (tertiary/aromatic N) is 4. The summed E-state index contributed by atoms with van der Waals surface area (Å²) in [6.07, 6.45) is 3.77. The SMILES string of the molecule is Cc1ccc(S(=O)(=O)NC[C@H]2CC[C@H](CNc3nc(N(C)C)c4ccccc4n3)CC2)cc1[N+](=O)[O-]. The summed E-state index contributed by atoms with van der Waals surface area (Å²) in [5.74, 6) is 2.17. The third-order valence-electron chi connectivity index (χ3n) is 6.77. The van der Waals surface area contributed by atoms with Crippen LogP contribution in [0.5, 0.6) is 0 Å². The van der Waals surface area contributed by atoms with Gasteiger partial charge in [-0.05, 0) is 62.6 Å². The average Bonchev–Trinajstić information content (AvgIpc) is 2.86. The number of aromatic nitrogens is 2. The van der Waals surface area contributed by atoms with E-state index in [4.69, 9.17) is 4.98 Å². The Bertz CT molecular complexity index is 1350. The highest BCUT2D eigenvalue weighted by atomic mass is 32.2. The second kappa shape index (κ2) is 10.8. The Morgan fingerprint density at radius 3 is 2.36 bits per heavy atom. The van der Waals surface area contributed by atoms with Gasteiger partial charge in [-0.1, -0.05) is 18.2 Å². The first kappa shape index (κ1) is 25.8. The number of nitro benzene ring substituents is 1. The highest BCUT2D eigenvalue weighted by Crippen LogP contribution is 2.30. The summed E-state index contributed by atoms with van der Waals surface area (Å²) >= 11 is 0. The van der Waals surface area contributed by atoms with Crippen LogP contribution in [0.1, 0.15) is 31.2 Å². The van der Waals surface area contributed by atoms with Gasteiger partial charge in [-0.3, -0.25) is 10.1 Å². The first-order chi connectivity index (χ1) is 17.1. The van der Waals surface area contributed by atoms with E-state index in [-0.39, 0.29) is 16.5 Å². The van der Waals surface area contributed by atoms with Crippen molar-refractivity contribution in [2.24, 2.45) is 11.8 Å². The Labute approximate surface area is 211 Å². The maximum Gasteiger partial charge on any atom is 0.273 e. The maximum atomic E-state index is 12.7. The van der Waals surface area contributed by atoms with Crippen molar-refractivity contribution in [3.63, 3.8) is 0 Å². The molecule has 1 aliphatic carbocycles. The van der Waals surface area contributed by atoms with Crippen LogP contribution in [0, 0.1) is 28.9 Å². The molecular weight excluding hydrogens is 480 g/mol.